The van der Waals surface area contributed by atoms with Gasteiger partial charge in [0.05, 0.1) is 36.0 Å². The fourth-order valence-corrected chi connectivity index (χ4v) is 8.75. The maximum absolute atomic E-state index is 14.5. The lowest BCUT2D eigenvalue weighted by atomic mass is 9.73. The molecule has 1 amide bonds. The van der Waals surface area contributed by atoms with E-state index in [2.05, 4.69) is 10.3 Å². The zero-order valence-corrected chi connectivity index (χ0v) is 34.2. The van der Waals surface area contributed by atoms with Crippen LogP contribution >= 0.6 is 0 Å². The quantitative estimate of drug-likeness (QED) is 0.256. The van der Waals surface area contributed by atoms with Gasteiger partial charge in [0.1, 0.15) is 18.0 Å². The number of hydrogen-bond donors (Lipinski definition) is 3. The Hall–Kier alpha value is -3.79. The number of carbonyl (C=O) groups is 4. The van der Waals surface area contributed by atoms with E-state index in [1.807, 2.05) is 62.3 Å². The average Bonchev–Trinajstić information content (AvgIpc) is 3.47. The van der Waals surface area contributed by atoms with Gasteiger partial charge in [-0.25, -0.2) is 9.59 Å². The molecule has 1 aromatic carbocycles. The largest absolute Gasteiger partial charge is 0.456 e. The smallest absolute Gasteiger partial charge is 0.408 e. The molecule has 14 heteroatoms. The summed E-state index contributed by atoms with van der Waals surface area (Å²) in [5.41, 5.74) is -4.01. The number of hydrogen-bond acceptors (Lipinski definition) is 13. The maximum atomic E-state index is 14.5. The van der Waals surface area contributed by atoms with Crippen LogP contribution in [-0.2, 0) is 38.1 Å². The molecule has 308 valence electrons. The first-order chi connectivity index (χ1) is 26.2. The van der Waals surface area contributed by atoms with E-state index in [1.165, 1.54) is 6.92 Å². The highest BCUT2D eigenvalue weighted by Crippen LogP contribution is 2.41. The number of amides is 1. The Labute approximate surface area is 329 Å². The lowest BCUT2D eigenvalue weighted by Crippen LogP contribution is -2.62. The molecule has 13 atom stereocenters. The number of aliphatic hydroxyl groups is 2. The minimum atomic E-state index is -2.69. The average molecular weight is 782 g/mol. The number of likely N-dealkylation sites (N-methyl/N-ethyl adjacent to an activating group) is 1. The lowest BCUT2D eigenvalue weighted by Gasteiger charge is -2.47. The van der Waals surface area contributed by atoms with Crippen molar-refractivity contribution >= 4 is 40.6 Å². The van der Waals surface area contributed by atoms with Gasteiger partial charge in [0.2, 0.25) is 5.60 Å². The van der Waals surface area contributed by atoms with Gasteiger partial charge >= 0.3 is 12.1 Å². The fourth-order valence-electron chi connectivity index (χ4n) is 8.75. The summed E-state index contributed by atoms with van der Waals surface area (Å²) in [5, 5.41) is 27.0. The number of para-hydroxylation sites is 1. The normalized spacial score (nSPS) is 38.9. The molecule has 0 aliphatic carbocycles. The Morgan fingerprint density at radius 1 is 1.05 bits per heavy atom. The third-order valence-corrected chi connectivity index (χ3v) is 11.9. The topological polar surface area (TPSA) is 183 Å². The molecule has 3 N–H and O–H groups in total. The number of nitrogens with zero attached hydrogens (tertiary/aromatic N) is 2. The molecule has 56 heavy (non-hydrogen) atoms. The number of pyridine rings is 1. The Morgan fingerprint density at radius 2 is 1.75 bits per heavy atom. The maximum Gasteiger partial charge on any atom is 0.408 e. The number of cyclic esters (lactones) is 1. The van der Waals surface area contributed by atoms with E-state index in [4.69, 9.17) is 23.7 Å². The van der Waals surface area contributed by atoms with Crippen LogP contribution in [0, 0.1) is 17.8 Å². The fraction of sp³-hybridized carbons (Fsp3) is 0.643. The summed E-state index contributed by atoms with van der Waals surface area (Å²) in [4.78, 5) is 61.9. The number of benzene rings is 1. The van der Waals surface area contributed by atoms with E-state index in [0.29, 0.717) is 6.42 Å². The molecular formula is C42H59N3O11. The minimum absolute atomic E-state index is 0.00133. The van der Waals surface area contributed by atoms with Crippen molar-refractivity contribution in [3.05, 3.63) is 48.2 Å². The van der Waals surface area contributed by atoms with Crippen LogP contribution in [-0.4, -0.2) is 124 Å². The zero-order valence-electron chi connectivity index (χ0n) is 34.2. The summed E-state index contributed by atoms with van der Waals surface area (Å²) in [6.07, 6.45) is 0.100. The first-order valence-corrected chi connectivity index (χ1v) is 19.5. The van der Waals surface area contributed by atoms with E-state index in [0.717, 1.165) is 23.4 Å². The molecule has 3 aliphatic rings. The van der Waals surface area contributed by atoms with Crippen molar-refractivity contribution in [1.82, 2.24) is 15.2 Å². The summed E-state index contributed by atoms with van der Waals surface area (Å²) < 4.78 is 31.0. The number of rotatable bonds is 8. The molecule has 3 saturated heterocycles. The van der Waals surface area contributed by atoms with Crippen LogP contribution in [0.15, 0.2) is 42.6 Å². The predicted molar refractivity (Wildman–Crippen MR) is 207 cm³/mol. The molecule has 4 unspecified atom stereocenters. The second kappa shape index (κ2) is 17.0. The third-order valence-electron chi connectivity index (χ3n) is 11.9. The van der Waals surface area contributed by atoms with Crippen molar-refractivity contribution < 1.29 is 53.1 Å². The van der Waals surface area contributed by atoms with Crippen LogP contribution in [0.3, 0.4) is 0 Å². The Bertz CT molecular complexity index is 1800. The van der Waals surface area contributed by atoms with Crippen molar-refractivity contribution in [3.8, 4) is 0 Å². The summed E-state index contributed by atoms with van der Waals surface area (Å²) in [7, 11) is 3.68. The van der Waals surface area contributed by atoms with Gasteiger partial charge in [-0.2, -0.15) is 0 Å². The summed E-state index contributed by atoms with van der Waals surface area (Å²) >= 11 is 0. The van der Waals surface area contributed by atoms with E-state index in [-0.39, 0.29) is 37.4 Å². The molecule has 5 rings (SSSR count). The van der Waals surface area contributed by atoms with Crippen LogP contribution in [0.25, 0.3) is 17.0 Å². The van der Waals surface area contributed by atoms with Gasteiger partial charge in [0, 0.05) is 35.4 Å². The third kappa shape index (κ3) is 8.70. The molecule has 0 saturated carbocycles. The molecule has 0 radical (unpaired) electrons. The second-order valence-electron chi connectivity index (χ2n) is 16.6. The van der Waals surface area contributed by atoms with Crippen molar-refractivity contribution in [2.45, 2.75) is 134 Å². The number of ketones is 2. The van der Waals surface area contributed by atoms with E-state index >= 15 is 0 Å². The molecule has 0 bridgehead atoms. The minimum Gasteiger partial charge on any atom is -0.456 e. The SMILES string of the molecule is CC[C@H]1OC(=O)C(C)(O)C(=O)[C@H](C)[C@@H](OC2O[C@H](C)C[C@H](N(C)C)[C@H]2O)[C@@](C)(OC/C=C/c2cnc3ccccc3c2)C[C@@H](C)C(=O)[C@H](C)C2NC(=O)OC21C. The molecule has 1 aromatic heterocycles. The van der Waals surface area contributed by atoms with Crippen molar-refractivity contribution in [1.29, 1.82) is 0 Å². The van der Waals surface area contributed by atoms with Gasteiger partial charge in [0.25, 0.3) is 0 Å². The number of fused-ring (bicyclic) bond motifs is 2. The van der Waals surface area contributed by atoms with Gasteiger partial charge in [-0.15, -0.1) is 0 Å². The Kier molecular flexibility index (Phi) is 13.1. The van der Waals surface area contributed by atoms with E-state index in [9.17, 15) is 29.4 Å². The van der Waals surface area contributed by atoms with Crippen LogP contribution in [0.2, 0.25) is 0 Å². The highest BCUT2D eigenvalue weighted by atomic mass is 16.7. The van der Waals surface area contributed by atoms with Crippen LogP contribution < -0.4 is 5.32 Å². The van der Waals surface area contributed by atoms with Gasteiger partial charge in [0.15, 0.2) is 17.7 Å². The van der Waals surface area contributed by atoms with Gasteiger partial charge in [-0.05, 0) is 78.7 Å². The van der Waals surface area contributed by atoms with Crippen molar-refractivity contribution in [3.63, 3.8) is 0 Å². The van der Waals surface area contributed by atoms with Gasteiger partial charge < -0.3 is 44.1 Å². The first kappa shape index (κ1) is 43.3. The molecule has 0 spiro atoms. The van der Waals surface area contributed by atoms with Crippen molar-refractivity contribution in [2.24, 2.45) is 17.8 Å². The van der Waals surface area contributed by atoms with Gasteiger partial charge in [-0.3, -0.25) is 14.6 Å². The number of nitrogens with one attached hydrogen (secondary N) is 1. The number of carbonyl (C=O) groups excluding carboxylic acids is 4. The monoisotopic (exact) mass is 781 g/mol. The van der Waals surface area contributed by atoms with Crippen LogP contribution in [0.5, 0.6) is 0 Å². The van der Waals surface area contributed by atoms with E-state index in [1.54, 1.807) is 46.9 Å². The highest BCUT2D eigenvalue weighted by Gasteiger charge is 2.59. The Balaban J connectivity index is 1.58. The molecule has 2 aromatic rings. The summed E-state index contributed by atoms with van der Waals surface area (Å²) in [6, 6.07) is 8.46. The Morgan fingerprint density at radius 3 is 2.43 bits per heavy atom. The predicted octanol–water partition coefficient (Wildman–Crippen LogP) is 4.22. The van der Waals surface area contributed by atoms with E-state index < -0.39 is 83.0 Å². The second-order valence-corrected chi connectivity index (χ2v) is 16.6. The number of esters is 1. The highest BCUT2D eigenvalue weighted by molar-refractivity contribution is 6.07. The first-order valence-electron chi connectivity index (χ1n) is 19.5. The molecule has 3 aliphatic heterocycles. The molecule has 3 fully saturated rings. The number of ether oxygens (including phenoxy) is 5. The van der Waals surface area contributed by atoms with Crippen molar-refractivity contribution in [2.75, 3.05) is 20.7 Å². The molecule has 14 nitrogen and oxygen atoms in total. The number of alkyl carbamates (subject to hydrolysis) is 1. The zero-order chi connectivity index (χ0) is 41.3. The number of Topliss-reactive ketones (excluding diaryl/α,β-unsaturated/α-hetero) is 2. The van der Waals surface area contributed by atoms with Crippen LogP contribution in [0.4, 0.5) is 4.79 Å². The molecular weight excluding hydrogens is 722 g/mol. The summed E-state index contributed by atoms with van der Waals surface area (Å²) in [6.45, 7) is 12.8. The molecule has 4 heterocycles. The summed E-state index contributed by atoms with van der Waals surface area (Å²) in [5.74, 6) is -5.28. The van der Waals surface area contributed by atoms with Crippen LogP contribution in [0.1, 0.15) is 80.2 Å². The number of aromatic nitrogens is 1. The standard InChI is InChI=1S/C42H59N3O11/c1-11-31-42(8)34(44-39(50)56-42)25(4)32(46)23(2)21-40(6,52-18-14-15-27-20-28-16-12-13-17-29(28)43-22-27)36(26(5)35(48)41(7,51)38(49)54-31)55-37-33(47)30(45(9)10)19-24(3)53-37/h12-17,20,22-26,30-31,33-34,36-37,47,51H,11,18-19,21H2,1-10H3,(H,44,50)/b15-14+/t23-,24-,25+,26+,30+,31-,33-,34?,36-,37?,40+,41?,42?/m1/s1. The number of aliphatic hydroxyl groups excluding tert-OH is 1. The van der Waals surface area contributed by atoms with Gasteiger partial charge in [-0.1, -0.05) is 58.0 Å². The lowest BCUT2D eigenvalue weighted by molar-refractivity contribution is -0.297.